The predicted octanol–water partition coefficient (Wildman–Crippen LogP) is -0.108. The highest BCUT2D eigenvalue weighted by atomic mass is 32.1. The minimum atomic E-state index is 0.232. The third-order valence-corrected chi connectivity index (χ3v) is 2.25. The van der Waals surface area contributed by atoms with Crippen LogP contribution in [0.15, 0.2) is 0 Å². The molecule has 0 aromatic heterocycles. The van der Waals surface area contributed by atoms with E-state index in [1.54, 1.807) is 0 Å². The van der Waals surface area contributed by atoms with Gasteiger partial charge in [-0.1, -0.05) is 0 Å². The highest BCUT2D eigenvalue weighted by Crippen LogP contribution is 2.14. The van der Waals surface area contributed by atoms with Crippen molar-refractivity contribution in [3.8, 4) is 0 Å². The summed E-state index contributed by atoms with van der Waals surface area (Å²) >= 11 is 4.86. The highest BCUT2D eigenvalue weighted by molar-refractivity contribution is 7.80. The number of thiocarbonyl (C=S) groups is 1. The van der Waals surface area contributed by atoms with E-state index in [0.29, 0.717) is 5.11 Å². The number of hydrogen-bond acceptors (Lipinski definition) is 3. The number of nitrogens with two attached hydrogens (primary N) is 1. The van der Waals surface area contributed by atoms with Gasteiger partial charge in [-0.25, -0.2) is 5.84 Å². The van der Waals surface area contributed by atoms with Crippen molar-refractivity contribution in [2.75, 3.05) is 6.61 Å². The van der Waals surface area contributed by atoms with Gasteiger partial charge < -0.3 is 15.5 Å². The van der Waals surface area contributed by atoms with Crippen molar-refractivity contribution in [3.63, 3.8) is 0 Å². The first kappa shape index (κ1) is 9.70. The van der Waals surface area contributed by atoms with Crippen molar-refractivity contribution in [1.29, 1.82) is 0 Å². The summed E-state index contributed by atoms with van der Waals surface area (Å²) in [5.74, 6) is 5.12. The molecule has 0 aromatic carbocycles. The van der Waals surface area contributed by atoms with Crippen LogP contribution < -0.4 is 16.6 Å². The SMILES string of the molecule is CC(NC(=S)NN)C1CCCO1. The Morgan fingerprint density at radius 3 is 3.00 bits per heavy atom. The molecule has 1 heterocycles. The Hall–Kier alpha value is -0.390. The van der Waals surface area contributed by atoms with Gasteiger partial charge >= 0.3 is 0 Å². The molecular weight excluding hydrogens is 174 g/mol. The average Bonchev–Trinajstić information content (AvgIpc) is 2.56. The molecule has 0 spiro atoms. The second-order valence-electron chi connectivity index (χ2n) is 2.96. The van der Waals surface area contributed by atoms with Crippen molar-refractivity contribution in [1.82, 2.24) is 10.7 Å². The van der Waals surface area contributed by atoms with Crippen molar-refractivity contribution in [2.45, 2.75) is 31.9 Å². The van der Waals surface area contributed by atoms with Crippen LogP contribution in [-0.2, 0) is 4.74 Å². The van der Waals surface area contributed by atoms with E-state index in [0.717, 1.165) is 19.4 Å². The Morgan fingerprint density at radius 1 is 1.75 bits per heavy atom. The molecule has 0 radical (unpaired) electrons. The molecule has 12 heavy (non-hydrogen) atoms. The van der Waals surface area contributed by atoms with E-state index in [4.69, 9.17) is 22.8 Å². The first-order valence-corrected chi connectivity index (χ1v) is 4.53. The minimum absolute atomic E-state index is 0.232. The highest BCUT2D eigenvalue weighted by Gasteiger charge is 2.22. The normalized spacial score (nSPS) is 25.0. The standard InChI is InChI=1S/C7H15N3OS/c1-5(9-7(12)10-8)6-3-2-4-11-6/h5-6H,2-4,8H2,1H3,(H2,9,10,12). The van der Waals surface area contributed by atoms with Crippen molar-refractivity contribution < 1.29 is 4.74 Å². The first-order valence-electron chi connectivity index (χ1n) is 4.12. The molecule has 1 fully saturated rings. The molecule has 0 amide bonds. The van der Waals surface area contributed by atoms with Gasteiger partial charge in [-0.05, 0) is 32.0 Å². The van der Waals surface area contributed by atoms with Crippen molar-refractivity contribution in [2.24, 2.45) is 5.84 Å². The average molecular weight is 189 g/mol. The molecular formula is C7H15N3OS. The van der Waals surface area contributed by atoms with Gasteiger partial charge in [0, 0.05) is 6.61 Å². The maximum atomic E-state index is 5.47. The Morgan fingerprint density at radius 2 is 2.50 bits per heavy atom. The molecule has 4 N–H and O–H groups in total. The van der Waals surface area contributed by atoms with E-state index in [9.17, 15) is 0 Å². The zero-order valence-corrected chi connectivity index (χ0v) is 7.99. The number of hydrazine groups is 1. The Kier molecular flexibility index (Phi) is 3.71. The van der Waals surface area contributed by atoms with Crippen LogP contribution in [0.25, 0.3) is 0 Å². The van der Waals surface area contributed by atoms with Gasteiger partial charge in [-0.3, -0.25) is 0 Å². The van der Waals surface area contributed by atoms with Crippen LogP contribution in [0.2, 0.25) is 0 Å². The second-order valence-corrected chi connectivity index (χ2v) is 3.37. The first-order chi connectivity index (χ1) is 5.74. The van der Waals surface area contributed by atoms with E-state index in [2.05, 4.69) is 10.7 Å². The van der Waals surface area contributed by atoms with Crippen LogP contribution in [0, 0.1) is 0 Å². The van der Waals surface area contributed by atoms with E-state index >= 15 is 0 Å². The Balaban J connectivity index is 2.26. The lowest BCUT2D eigenvalue weighted by molar-refractivity contribution is 0.0893. The fourth-order valence-electron chi connectivity index (χ4n) is 1.34. The molecule has 1 aliphatic rings. The zero-order chi connectivity index (χ0) is 8.97. The van der Waals surface area contributed by atoms with Gasteiger partial charge in [0.2, 0.25) is 0 Å². The molecule has 1 rings (SSSR count). The van der Waals surface area contributed by atoms with Crippen LogP contribution >= 0.6 is 12.2 Å². The zero-order valence-electron chi connectivity index (χ0n) is 7.17. The third-order valence-electron chi connectivity index (χ3n) is 2.01. The maximum Gasteiger partial charge on any atom is 0.180 e. The molecule has 70 valence electrons. The van der Waals surface area contributed by atoms with Gasteiger partial charge in [0.15, 0.2) is 5.11 Å². The van der Waals surface area contributed by atoms with Crippen molar-refractivity contribution in [3.05, 3.63) is 0 Å². The van der Waals surface area contributed by atoms with Gasteiger partial charge in [-0.15, -0.1) is 0 Å². The van der Waals surface area contributed by atoms with Crippen LogP contribution in [0.1, 0.15) is 19.8 Å². The summed E-state index contributed by atoms with van der Waals surface area (Å²) in [6.07, 6.45) is 2.51. The second kappa shape index (κ2) is 4.59. The molecule has 0 bridgehead atoms. The molecule has 5 heteroatoms. The van der Waals surface area contributed by atoms with Gasteiger partial charge in [-0.2, -0.15) is 0 Å². The summed E-state index contributed by atoms with van der Waals surface area (Å²) in [4.78, 5) is 0. The predicted molar refractivity (Wildman–Crippen MR) is 51.5 cm³/mol. The quantitative estimate of drug-likeness (QED) is 0.321. The Bertz CT molecular complexity index is 159. The fourth-order valence-corrected chi connectivity index (χ4v) is 1.52. The Labute approximate surface area is 77.8 Å². The van der Waals surface area contributed by atoms with E-state index in [-0.39, 0.29) is 12.1 Å². The van der Waals surface area contributed by atoms with Crippen LogP contribution in [-0.4, -0.2) is 23.9 Å². The lowest BCUT2D eigenvalue weighted by atomic mass is 10.1. The molecule has 0 aromatic rings. The fraction of sp³-hybridized carbons (Fsp3) is 0.857. The molecule has 0 aliphatic carbocycles. The summed E-state index contributed by atoms with van der Waals surface area (Å²) < 4.78 is 5.47. The summed E-state index contributed by atoms with van der Waals surface area (Å²) in [5, 5.41) is 3.51. The molecule has 4 nitrogen and oxygen atoms in total. The third kappa shape index (κ3) is 2.58. The van der Waals surface area contributed by atoms with Crippen LogP contribution in [0.5, 0.6) is 0 Å². The largest absolute Gasteiger partial charge is 0.376 e. The summed E-state index contributed by atoms with van der Waals surface area (Å²) in [6.45, 7) is 2.90. The van der Waals surface area contributed by atoms with Crippen molar-refractivity contribution >= 4 is 17.3 Å². The smallest absolute Gasteiger partial charge is 0.180 e. The van der Waals surface area contributed by atoms with Gasteiger partial charge in [0.1, 0.15) is 0 Å². The number of hydrogen-bond donors (Lipinski definition) is 3. The molecule has 1 saturated heterocycles. The summed E-state index contributed by atoms with van der Waals surface area (Å²) in [6, 6.07) is 0.232. The van der Waals surface area contributed by atoms with Crippen LogP contribution in [0.4, 0.5) is 0 Å². The van der Waals surface area contributed by atoms with E-state index in [1.807, 2.05) is 6.92 Å². The van der Waals surface area contributed by atoms with Gasteiger partial charge in [0.25, 0.3) is 0 Å². The molecule has 2 unspecified atom stereocenters. The van der Waals surface area contributed by atoms with Crippen LogP contribution in [0.3, 0.4) is 0 Å². The lowest BCUT2D eigenvalue weighted by Gasteiger charge is -2.20. The topological polar surface area (TPSA) is 59.3 Å². The van der Waals surface area contributed by atoms with Gasteiger partial charge in [0.05, 0.1) is 12.1 Å². The minimum Gasteiger partial charge on any atom is -0.376 e. The maximum absolute atomic E-state index is 5.47. The monoisotopic (exact) mass is 189 g/mol. The molecule has 1 aliphatic heterocycles. The summed E-state index contributed by atoms with van der Waals surface area (Å²) in [5.41, 5.74) is 2.38. The molecule has 2 atom stereocenters. The summed E-state index contributed by atoms with van der Waals surface area (Å²) in [7, 11) is 0. The van der Waals surface area contributed by atoms with E-state index in [1.165, 1.54) is 0 Å². The number of rotatable bonds is 2. The number of nitrogens with one attached hydrogen (secondary N) is 2. The lowest BCUT2D eigenvalue weighted by Crippen LogP contribution is -2.47. The molecule has 0 saturated carbocycles. The number of ether oxygens (including phenoxy) is 1. The van der Waals surface area contributed by atoms with E-state index < -0.39 is 0 Å².